The molecule has 4 heteroatoms. The molecule has 1 saturated heterocycles. The molecule has 0 spiro atoms. The molecule has 1 aliphatic rings. The Morgan fingerprint density at radius 3 is 2.37 bits per heavy atom. The van der Waals surface area contributed by atoms with Gasteiger partial charge in [0.05, 0.1) is 16.7 Å². The van der Waals surface area contributed by atoms with Crippen molar-refractivity contribution in [3.63, 3.8) is 0 Å². The van der Waals surface area contributed by atoms with Crippen LogP contribution in [0.1, 0.15) is 64.7 Å². The van der Waals surface area contributed by atoms with Crippen molar-refractivity contribution in [1.82, 2.24) is 9.88 Å². The predicted molar refractivity (Wildman–Crippen MR) is 82.6 cm³/mol. The maximum absolute atomic E-state index is 6.34. The maximum atomic E-state index is 6.34. The summed E-state index contributed by atoms with van der Waals surface area (Å²) in [6, 6.07) is 0.474. The quantitative estimate of drug-likeness (QED) is 0.858. The fraction of sp³-hybridized carbons (Fsp3) is 0.800. The first-order valence-corrected chi connectivity index (χ1v) is 7.97. The molecule has 2 atom stereocenters. The van der Waals surface area contributed by atoms with E-state index in [0.717, 1.165) is 18.7 Å². The molecule has 1 aromatic rings. The van der Waals surface area contributed by atoms with Crippen LogP contribution in [0.5, 0.6) is 0 Å². The first-order chi connectivity index (χ1) is 8.60. The largest absolute Gasteiger partial charge is 0.326 e. The Hall–Kier alpha value is -0.450. The number of hydrogen-bond donors (Lipinski definition) is 1. The summed E-state index contributed by atoms with van der Waals surface area (Å²) < 4.78 is 0. The highest BCUT2D eigenvalue weighted by Gasteiger charge is 2.40. The van der Waals surface area contributed by atoms with E-state index < -0.39 is 0 Å². The standard InChI is InChI=1S/C15H27N3S/c1-14(2,3)13-17-11(9-19-13)12-10(16)7-8-18(12)15(4,5)6/h9-10,12H,7-8,16H2,1-6H3. The number of nitrogens with zero attached hydrogens (tertiary/aromatic N) is 2. The van der Waals surface area contributed by atoms with Crippen molar-refractivity contribution in [3.8, 4) is 0 Å². The van der Waals surface area contributed by atoms with E-state index in [4.69, 9.17) is 10.7 Å². The number of nitrogens with two attached hydrogens (primary N) is 1. The molecule has 19 heavy (non-hydrogen) atoms. The lowest BCUT2D eigenvalue weighted by atomic mass is 9.97. The van der Waals surface area contributed by atoms with Crippen molar-refractivity contribution in [3.05, 3.63) is 16.1 Å². The van der Waals surface area contributed by atoms with E-state index in [-0.39, 0.29) is 23.0 Å². The number of rotatable bonds is 1. The molecular weight excluding hydrogens is 254 g/mol. The lowest BCUT2D eigenvalue weighted by Crippen LogP contribution is -2.43. The minimum absolute atomic E-state index is 0.123. The van der Waals surface area contributed by atoms with Crippen LogP contribution in [0, 0.1) is 0 Å². The zero-order chi connectivity index (χ0) is 14.4. The van der Waals surface area contributed by atoms with Crippen molar-refractivity contribution in [2.45, 2.75) is 71.0 Å². The molecule has 0 radical (unpaired) electrons. The van der Waals surface area contributed by atoms with Gasteiger partial charge in [0.1, 0.15) is 0 Å². The first kappa shape index (κ1) is 14.9. The van der Waals surface area contributed by atoms with Crippen LogP contribution in [0.3, 0.4) is 0 Å². The highest BCUT2D eigenvalue weighted by Crippen LogP contribution is 2.38. The number of aromatic nitrogens is 1. The van der Waals surface area contributed by atoms with Gasteiger partial charge in [-0.15, -0.1) is 11.3 Å². The lowest BCUT2D eigenvalue weighted by Gasteiger charge is -2.37. The van der Waals surface area contributed by atoms with Gasteiger partial charge in [-0.3, -0.25) is 4.90 Å². The van der Waals surface area contributed by atoms with E-state index in [1.54, 1.807) is 11.3 Å². The average molecular weight is 281 g/mol. The van der Waals surface area contributed by atoms with Gasteiger partial charge < -0.3 is 5.73 Å². The van der Waals surface area contributed by atoms with E-state index in [0.29, 0.717) is 0 Å². The second-order valence-electron chi connectivity index (χ2n) is 7.59. The summed E-state index contributed by atoms with van der Waals surface area (Å²) in [5.74, 6) is 0. The van der Waals surface area contributed by atoms with Crippen LogP contribution in [-0.4, -0.2) is 28.0 Å². The second kappa shape index (κ2) is 4.83. The van der Waals surface area contributed by atoms with Crippen LogP contribution in [0.25, 0.3) is 0 Å². The van der Waals surface area contributed by atoms with Gasteiger partial charge in [0, 0.05) is 28.9 Å². The van der Waals surface area contributed by atoms with Crippen LogP contribution < -0.4 is 5.73 Å². The first-order valence-electron chi connectivity index (χ1n) is 7.09. The third-order valence-electron chi connectivity index (χ3n) is 3.77. The summed E-state index contributed by atoms with van der Waals surface area (Å²) in [6.45, 7) is 14.5. The predicted octanol–water partition coefficient (Wildman–Crippen LogP) is 3.31. The van der Waals surface area contributed by atoms with E-state index in [1.165, 1.54) is 5.01 Å². The van der Waals surface area contributed by atoms with Gasteiger partial charge in [0.15, 0.2) is 0 Å². The van der Waals surface area contributed by atoms with E-state index in [1.807, 2.05) is 0 Å². The minimum atomic E-state index is 0.123. The van der Waals surface area contributed by atoms with Crippen molar-refractivity contribution in [1.29, 1.82) is 0 Å². The highest BCUT2D eigenvalue weighted by atomic mass is 32.1. The molecule has 2 unspecified atom stereocenters. The van der Waals surface area contributed by atoms with Crippen molar-refractivity contribution >= 4 is 11.3 Å². The Kier molecular flexibility index (Phi) is 3.80. The summed E-state index contributed by atoms with van der Waals surface area (Å²) in [4.78, 5) is 7.37. The summed E-state index contributed by atoms with van der Waals surface area (Å²) in [7, 11) is 0. The van der Waals surface area contributed by atoms with Gasteiger partial charge in [-0.25, -0.2) is 4.98 Å². The van der Waals surface area contributed by atoms with Gasteiger partial charge in [-0.1, -0.05) is 20.8 Å². The number of likely N-dealkylation sites (tertiary alicyclic amines) is 1. The molecule has 1 aromatic heterocycles. The Morgan fingerprint density at radius 2 is 1.89 bits per heavy atom. The Balaban J connectivity index is 2.31. The van der Waals surface area contributed by atoms with Crippen LogP contribution in [0.15, 0.2) is 5.38 Å². The summed E-state index contributed by atoms with van der Waals surface area (Å²) >= 11 is 1.76. The Bertz CT molecular complexity index is 439. The SMILES string of the molecule is CC(C)(C)c1nc(C2C(N)CCN2C(C)(C)C)cs1. The Morgan fingerprint density at radius 1 is 1.26 bits per heavy atom. The normalized spacial score (nSPS) is 26.1. The van der Waals surface area contributed by atoms with E-state index in [2.05, 4.69) is 51.8 Å². The van der Waals surface area contributed by atoms with Crippen molar-refractivity contribution < 1.29 is 0 Å². The van der Waals surface area contributed by atoms with Crippen LogP contribution in [0.2, 0.25) is 0 Å². The van der Waals surface area contributed by atoms with Gasteiger partial charge >= 0.3 is 0 Å². The average Bonchev–Trinajstić information content (AvgIpc) is 2.80. The number of hydrogen-bond acceptors (Lipinski definition) is 4. The molecule has 0 aliphatic carbocycles. The van der Waals surface area contributed by atoms with Gasteiger partial charge in [-0.05, 0) is 27.2 Å². The van der Waals surface area contributed by atoms with Crippen LogP contribution in [-0.2, 0) is 5.41 Å². The fourth-order valence-electron chi connectivity index (χ4n) is 2.71. The molecular formula is C15H27N3S. The molecule has 0 bridgehead atoms. The molecule has 108 valence electrons. The summed E-state index contributed by atoms with van der Waals surface area (Å²) in [5, 5.41) is 3.41. The molecule has 3 nitrogen and oxygen atoms in total. The maximum Gasteiger partial charge on any atom is 0.0982 e. The van der Waals surface area contributed by atoms with Crippen LogP contribution >= 0.6 is 11.3 Å². The van der Waals surface area contributed by atoms with Gasteiger partial charge in [0.2, 0.25) is 0 Å². The fourth-order valence-corrected chi connectivity index (χ4v) is 3.65. The van der Waals surface area contributed by atoms with E-state index in [9.17, 15) is 0 Å². The molecule has 1 aliphatic heterocycles. The molecule has 1 fully saturated rings. The smallest absolute Gasteiger partial charge is 0.0982 e. The molecule has 2 N–H and O–H groups in total. The van der Waals surface area contributed by atoms with Crippen molar-refractivity contribution in [2.24, 2.45) is 5.73 Å². The third kappa shape index (κ3) is 3.01. The zero-order valence-corrected chi connectivity index (χ0v) is 13.8. The minimum Gasteiger partial charge on any atom is -0.326 e. The van der Waals surface area contributed by atoms with Gasteiger partial charge in [-0.2, -0.15) is 0 Å². The monoisotopic (exact) mass is 281 g/mol. The number of thiazole rings is 1. The summed E-state index contributed by atoms with van der Waals surface area (Å²) in [6.07, 6.45) is 1.06. The topological polar surface area (TPSA) is 42.1 Å². The Labute approximate surface area is 121 Å². The van der Waals surface area contributed by atoms with E-state index >= 15 is 0 Å². The molecule has 2 heterocycles. The molecule has 0 aromatic carbocycles. The van der Waals surface area contributed by atoms with Crippen molar-refractivity contribution in [2.75, 3.05) is 6.54 Å². The van der Waals surface area contributed by atoms with Gasteiger partial charge in [0.25, 0.3) is 0 Å². The lowest BCUT2D eigenvalue weighted by molar-refractivity contribution is 0.115. The second-order valence-corrected chi connectivity index (χ2v) is 8.45. The molecule has 0 amide bonds. The molecule has 2 rings (SSSR count). The molecule has 0 saturated carbocycles. The zero-order valence-electron chi connectivity index (χ0n) is 13.0. The third-order valence-corrected chi connectivity index (χ3v) is 5.06. The summed E-state index contributed by atoms with van der Waals surface area (Å²) in [5.41, 5.74) is 7.77. The van der Waals surface area contributed by atoms with Crippen LogP contribution in [0.4, 0.5) is 0 Å². The highest BCUT2D eigenvalue weighted by molar-refractivity contribution is 7.09.